The van der Waals surface area contributed by atoms with Crippen LogP contribution in [0, 0.1) is 0 Å². The van der Waals surface area contributed by atoms with E-state index < -0.39 is 0 Å². The predicted octanol–water partition coefficient (Wildman–Crippen LogP) is 1.89. The fourth-order valence-electron chi connectivity index (χ4n) is 2.54. The molecule has 1 aromatic heterocycles. The maximum Gasteiger partial charge on any atom is 0.271 e. The minimum Gasteiger partial charge on any atom is -0.349 e. The van der Waals surface area contributed by atoms with E-state index in [1.54, 1.807) is 0 Å². The van der Waals surface area contributed by atoms with Gasteiger partial charge < -0.3 is 5.32 Å². The normalized spacial score (nSPS) is 11.5. The van der Waals surface area contributed by atoms with Crippen LogP contribution in [0.1, 0.15) is 57.9 Å². The van der Waals surface area contributed by atoms with Gasteiger partial charge in [0.15, 0.2) is 0 Å². The van der Waals surface area contributed by atoms with E-state index in [0.29, 0.717) is 30.9 Å². The maximum atomic E-state index is 12.2. The Morgan fingerprint density at radius 3 is 2.48 bits per heavy atom. The molecule has 1 amide bonds. The van der Waals surface area contributed by atoms with Gasteiger partial charge in [0.25, 0.3) is 11.5 Å². The van der Waals surface area contributed by atoms with E-state index in [-0.39, 0.29) is 11.5 Å². The molecule has 130 valence electrons. The number of carbonyl (C=O) groups is 1. The van der Waals surface area contributed by atoms with Gasteiger partial charge in [0, 0.05) is 37.8 Å². The summed E-state index contributed by atoms with van der Waals surface area (Å²) in [4.78, 5) is 26.2. The summed E-state index contributed by atoms with van der Waals surface area (Å²) in [5.74, 6) is -0.234. The highest BCUT2D eigenvalue weighted by molar-refractivity contribution is 5.91. The Morgan fingerprint density at radius 2 is 1.91 bits per heavy atom. The highest BCUT2D eigenvalue weighted by atomic mass is 16.2. The van der Waals surface area contributed by atoms with E-state index in [9.17, 15) is 9.59 Å². The van der Waals surface area contributed by atoms with Gasteiger partial charge in [-0.15, -0.1) is 0 Å². The molecule has 6 nitrogen and oxygen atoms in total. The summed E-state index contributed by atoms with van der Waals surface area (Å²) in [6.45, 7) is 12.5. The van der Waals surface area contributed by atoms with Crippen molar-refractivity contribution < 1.29 is 4.79 Å². The first kappa shape index (κ1) is 19.4. The molecule has 1 aromatic rings. The minimum absolute atomic E-state index is 0.166. The number of aryl methyl sites for hydroxylation is 1. The Kier molecular flexibility index (Phi) is 7.95. The lowest BCUT2D eigenvalue weighted by Crippen LogP contribution is -2.42. The third-order valence-electron chi connectivity index (χ3n) is 3.80. The first-order valence-corrected chi connectivity index (χ1v) is 8.49. The highest BCUT2D eigenvalue weighted by Gasteiger charge is 2.14. The van der Waals surface area contributed by atoms with Crippen molar-refractivity contribution >= 4 is 5.91 Å². The number of hydrogen-bond donors (Lipinski definition) is 1. The quantitative estimate of drug-likeness (QED) is 0.754. The van der Waals surface area contributed by atoms with E-state index in [0.717, 1.165) is 19.4 Å². The number of amides is 1. The SMILES string of the molecule is CCCCn1nc(C(=O)NCCN(C(C)C)C(C)C)ccc1=O. The van der Waals surface area contributed by atoms with Gasteiger partial charge in [0.1, 0.15) is 5.69 Å². The average Bonchev–Trinajstić information content (AvgIpc) is 2.49. The highest BCUT2D eigenvalue weighted by Crippen LogP contribution is 2.03. The van der Waals surface area contributed by atoms with E-state index in [1.807, 2.05) is 0 Å². The van der Waals surface area contributed by atoms with E-state index in [2.05, 4.69) is 49.9 Å². The van der Waals surface area contributed by atoms with Gasteiger partial charge in [0.05, 0.1) is 0 Å². The second-order valence-corrected chi connectivity index (χ2v) is 6.31. The van der Waals surface area contributed by atoms with Crippen molar-refractivity contribution in [1.82, 2.24) is 20.0 Å². The molecular weight excluding hydrogens is 292 g/mol. The number of nitrogens with one attached hydrogen (secondary N) is 1. The Hall–Kier alpha value is -1.69. The number of hydrogen-bond acceptors (Lipinski definition) is 4. The Bertz CT molecular complexity index is 544. The Morgan fingerprint density at radius 1 is 1.26 bits per heavy atom. The summed E-state index contributed by atoms with van der Waals surface area (Å²) in [7, 11) is 0. The van der Waals surface area contributed by atoms with Crippen molar-refractivity contribution in [1.29, 1.82) is 0 Å². The van der Waals surface area contributed by atoms with Crippen molar-refractivity contribution in [3.05, 3.63) is 28.2 Å². The molecule has 0 unspecified atom stereocenters. The van der Waals surface area contributed by atoms with Gasteiger partial charge in [-0.05, 0) is 40.2 Å². The molecule has 6 heteroatoms. The van der Waals surface area contributed by atoms with Gasteiger partial charge in [0.2, 0.25) is 0 Å². The smallest absolute Gasteiger partial charge is 0.271 e. The van der Waals surface area contributed by atoms with Gasteiger partial charge in [-0.2, -0.15) is 5.10 Å². The van der Waals surface area contributed by atoms with E-state index in [4.69, 9.17) is 0 Å². The number of unbranched alkanes of at least 4 members (excludes halogenated alkanes) is 1. The summed E-state index contributed by atoms with van der Waals surface area (Å²) < 4.78 is 1.37. The third kappa shape index (κ3) is 6.14. The van der Waals surface area contributed by atoms with Crippen LogP contribution < -0.4 is 10.9 Å². The first-order chi connectivity index (χ1) is 10.9. The average molecular weight is 322 g/mol. The van der Waals surface area contributed by atoms with Gasteiger partial charge >= 0.3 is 0 Å². The number of aromatic nitrogens is 2. The second-order valence-electron chi connectivity index (χ2n) is 6.31. The standard InChI is InChI=1S/C17H30N4O2/c1-6-7-11-21-16(22)9-8-15(19-21)17(23)18-10-12-20(13(2)3)14(4)5/h8-9,13-14H,6-7,10-12H2,1-5H3,(H,18,23). The molecule has 0 saturated carbocycles. The van der Waals surface area contributed by atoms with Gasteiger partial charge in [-0.25, -0.2) is 4.68 Å². The van der Waals surface area contributed by atoms with Crippen LogP contribution in [0.15, 0.2) is 16.9 Å². The van der Waals surface area contributed by atoms with Crippen LogP contribution in [0.4, 0.5) is 0 Å². The zero-order chi connectivity index (χ0) is 17.4. The minimum atomic E-state index is -0.234. The molecule has 1 N–H and O–H groups in total. The van der Waals surface area contributed by atoms with E-state index in [1.165, 1.54) is 16.8 Å². The largest absolute Gasteiger partial charge is 0.349 e. The Balaban J connectivity index is 2.62. The predicted molar refractivity (Wildman–Crippen MR) is 92.7 cm³/mol. The van der Waals surface area contributed by atoms with Crippen molar-refractivity contribution in [2.24, 2.45) is 0 Å². The molecule has 1 heterocycles. The van der Waals surface area contributed by atoms with Crippen molar-refractivity contribution in [3.8, 4) is 0 Å². The molecule has 0 bridgehead atoms. The number of rotatable bonds is 9. The fraction of sp³-hybridized carbons (Fsp3) is 0.706. The molecule has 0 saturated heterocycles. The van der Waals surface area contributed by atoms with Crippen LogP contribution in [0.3, 0.4) is 0 Å². The van der Waals surface area contributed by atoms with Crippen molar-refractivity contribution in [2.45, 2.75) is 66.1 Å². The molecule has 23 heavy (non-hydrogen) atoms. The summed E-state index contributed by atoms with van der Waals surface area (Å²) in [6.07, 6.45) is 1.85. The molecule has 0 aliphatic heterocycles. The summed E-state index contributed by atoms with van der Waals surface area (Å²) in [6, 6.07) is 3.76. The molecule has 0 aromatic carbocycles. The molecular formula is C17H30N4O2. The van der Waals surface area contributed by atoms with Gasteiger partial charge in [-0.1, -0.05) is 13.3 Å². The monoisotopic (exact) mass is 322 g/mol. The molecule has 0 aliphatic carbocycles. The van der Waals surface area contributed by atoms with Crippen LogP contribution in [0.5, 0.6) is 0 Å². The molecule has 0 radical (unpaired) electrons. The second kappa shape index (κ2) is 9.45. The van der Waals surface area contributed by atoms with E-state index >= 15 is 0 Å². The molecule has 0 spiro atoms. The summed E-state index contributed by atoms with van der Waals surface area (Å²) in [5.41, 5.74) is 0.127. The maximum absolute atomic E-state index is 12.2. The van der Waals surface area contributed by atoms with Crippen LogP contribution in [0.2, 0.25) is 0 Å². The lowest BCUT2D eigenvalue weighted by Gasteiger charge is -2.30. The lowest BCUT2D eigenvalue weighted by atomic mass is 10.2. The fourth-order valence-corrected chi connectivity index (χ4v) is 2.54. The molecule has 1 rings (SSSR count). The first-order valence-electron chi connectivity index (χ1n) is 8.49. The number of carbonyl (C=O) groups excluding carboxylic acids is 1. The molecule has 0 atom stereocenters. The molecule has 0 fully saturated rings. The van der Waals surface area contributed by atoms with Crippen LogP contribution >= 0.6 is 0 Å². The van der Waals surface area contributed by atoms with Crippen molar-refractivity contribution in [3.63, 3.8) is 0 Å². The lowest BCUT2D eigenvalue weighted by molar-refractivity contribution is 0.0932. The third-order valence-corrected chi connectivity index (χ3v) is 3.80. The Labute approximate surface area is 138 Å². The zero-order valence-corrected chi connectivity index (χ0v) is 15.0. The summed E-state index contributed by atoms with van der Waals surface area (Å²) in [5, 5.41) is 7.04. The van der Waals surface area contributed by atoms with Crippen LogP contribution in [-0.4, -0.2) is 45.8 Å². The topological polar surface area (TPSA) is 67.2 Å². The van der Waals surface area contributed by atoms with Crippen LogP contribution in [-0.2, 0) is 6.54 Å². The zero-order valence-electron chi connectivity index (χ0n) is 15.0. The van der Waals surface area contributed by atoms with Gasteiger partial charge in [-0.3, -0.25) is 14.5 Å². The molecule has 0 aliphatic rings. The summed E-state index contributed by atoms with van der Waals surface area (Å²) >= 11 is 0. The van der Waals surface area contributed by atoms with Crippen molar-refractivity contribution in [2.75, 3.05) is 13.1 Å². The van der Waals surface area contributed by atoms with Crippen LogP contribution in [0.25, 0.3) is 0 Å². The number of nitrogens with zero attached hydrogens (tertiary/aromatic N) is 3.